The molecule has 0 fully saturated rings. The van der Waals surface area contributed by atoms with E-state index in [1.807, 2.05) is 0 Å². The van der Waals surface area contributed by atoms with Crippen molar-refractivity contribution in [2.75, 3.05) is 14.2 Å². The summed E-state index contributed by atoms with van der Waals surface area (Å²) in [6.07, 6.45) is 0. The molecule has 0 saturated heterocycles. The number of methoxy groups -OCH3 is 2. The topological polar surface area (TPSA) is 206 Å². The van der Waals surface area contributed by atoms with E-state index in [4.69, 9.17) is 22.8 Å². The van der Waals surface area contributed by atoms with Crippen LogP contribution in [-0.4, -0.2) is 39.3 Å². The van der Waals surface area contributed by atoms with Crippen LogP contribution in [0.3, 0.4) is 0 Å². The minimum atomic E-state index is -5.25. The van der Waals surface area contributed by atoms with Crippen LogP contribution in [0.4, 0.5) is 0 Å². The molecule has 14 heteroatoms. The number of phosphoric ester groups is 1. The van der Waals surface area contributed by atoms with Gasteiger partial charge in [0.25, 0.3) is 0 Å². The van der Waals surface area contributed by atoms with E-state index < -0.39 is 35.9 Å². The quantitative estimate of drug-likeness (QED) is 0.136. The van der Waals surface area contributed by atoms with Crippen LogP contribution in [0, 0.1) is 0 Å². The fraction of sp³-hybridized carbons (Fsp3) is 0.0625. The molecule has 13 nitrogen and oxygen atoms in total. The zero-order valence-corrected chi connectivity index (χ0v) is 24.8. The fourth-order valence-electron chi connectivity index (χ4n) is 5.10. The van der Waals surface area contributed by atoms with Gasteiger partial charge in [0.2, 0.25) is 0 Å². The van der Waals surface area contributed by atoms with Crippen molar-refractivity contribution in [2.45, 2.75) is 0 Å². The van der Waals surface area contributed by atoms with E-state index in [-0.39, 0.29) is 61.6 Å². The molecule has 0 atom stereocenters. The molecule has 4 aromatic carbocycles. The van der Waals surface area contributed by atoms with Gasteiger partial charge >= 0.3 is 7.82 Å². The molecule has 0 aliphatic rings. The van der Waals surface area contributed by atoms with Crippen LogP contribution in [0.5, 0.6) is 34.5 Å². The average Bonchev–Trinajstić information content (AvgIpc) is 2.99. The predicted molar refractivity (Wildman–Crippen MR) is 166 cm³/mol. The van der Waals surface area contributed by atoms with E-state index in [0.717, 1.165) is 30.3 Å². The Balaban J connectivity index is 1.67. The Morgan fingerprint density at radius 2 is 1.30 bits per heavy atom. The number of phenolic OH excluding ortho intramolecular Hbond substituents is 3. The summed E-state index contributed by atoms with van der Waals surface area (Å²) < 4.78 is 39.8. The molecule has 0 saturated carbocycles. The van der Waals surface area contributed by atoms with Crippen LogP contribution in [0.15, 0.2) is 91.2 Å². The van der Waals surface area contributed by atoms with Crippen LogP contribution < -0.4 is 24.9 Å². The fourth-order valence-corrected chi connectivity index (χ4v) is 5.50. The highest BCUT2D eigenvalue weighted by atomic mass is 31.2. The lowest BCUT2D eigenvalue weighted by Gasteiger charge is -2.18. The maximum Gasteiger partial charge on any atom is 0.524 e. The highest BCUT2D eigenvalue weighted by Gasteiger charge is 2.28. The van der Waals surface area contributed by atoms with Gasteiger partial charge in [-0.1, -0.05) is 0 Å². The van der Waals surface area contributed by atoms with Crippen molar-refractivity contribution < 1.29 is 52.5 Å². The van der Waals surface area contributed by atoms with Crippen LogP contribution in [-0.2, 0) is 4.57 Å². The molecular formula is C32H23O13P. The second-order valence-corrected chi connectivity index (χ2v) is 11.1. The van der Waals surface area contributed by atoms with Gasteiger partial charge in [0.1, 0.15) is 62.4 Å². The summed E-state index contributed by atoms with van der Waals surface area (Å²) in [6.45, 7) is 0. The molecule has 0 amide bonds. The number of rotatable bonds is 7. The van der Waals surface area contributed by atoms with E-state index >= 15 is 0 Å². The van der Waals surface area contributed by atoms with Gasteiger partial charge in [-0.3, -0.25) is 19.4 Å². The highest BCUT2D eigenvalue weighted by Crippen LogP contribution is 2.50. The molecule has 0 unspecified atom stereocenters. The molecule has 0 aliphatic heterocycles. The number of phenols is 3. The first kappa shape index (κ1) is 30.3. The third-order valence-electron chi connectivity index (χ3n) is 7.08. The molecule has 6 aromatic rings. The van der Waals surface area contributed by atoms with Gasteiger partial charge in [-0.15, -0.1) is 0 Å². The number of ether oxygens (including phenoxy) is 2. The van der Waals surface area contributed by atoms with Crippen molar-refractivity contribution in [2.24, 2.45) is 0 Å². The van der Waals surface area contributed by atoms with Gasteiger partial charge < -0.3 is 38.2 Å². The van der Waals surface area contributed by atoms with Crippen LogP contribution in [0.1, 0.15) is 0 Å². The van der Waals surface area contributed by atoms with E-state index in [1.165, 1.54) is 32.4 Å². The van der Waals surface area contributed by atoms with E-state index in [0.29, 0.717) is 11.3 Å². The Kier molecular flexibility index (Phi) is 7.45. The maximum atomic E-state index is 13.4. The van der Waals surface area contributed by atoms with Crippen LogP contribution in [0.25, 0.3) is 55.7 Å². The largest absolute Gasteiger partial charge is 0.524 e. The molecule has 6 rings (SSSR count). The summed E-state index contributed by atoms with van der Waals surface area (Å²) in [7, 11) is -2.44. The minimum Gasteiger partial charge on any atom is -0.508 e. The zero-order chi connectivity index (χ0) is 32.9. The number of benzene rings is 4. The monoisotopic (exact) mass is 646 g/mol. The van der Waals surface area contributed by atoms with E-state index in [2.05, 4.69) is 0 Å². The summed E-state index contributed by atoms with van der Waals surface area (Å²) in [6, 6.07) is 16.2. The van der Waals surface area contributed by atoms with Gasteiger partial charge in [0.05, 0.1) is 19.8 Å². The Morgan fingerprint density at radius 1 is 0.674 bits per heavy atom. The first-order valence-corrected chi connectivity index (χ1v) is 14.8. The summed E-state index contributed by atoms with van der Waals surface area (Å²) >= 11 is 0. The van der Waals surface area contributed by atoms with Crippen molar-refractivity contribution in [3.05, 3.63) is 93.2 Å². The third kappa shape index (κ3) is 5.50. The zero-order valence-electron chi connectivity index (χ0n) is 23.9. The Morgan fingerprint density at radius 3 is 1.96 bits per heavy atom. The number of hydrogen-bond donors (Lipinski definition) is 5. The van der Waals surface area contributed by atoms with Crippen molar-refractivity contribution in [1.29, 1.82) is 0 Å². The third-order valence-corrected chi connectivity index (χ3v) is 7.52. The van der Waals surface area contributed by atoms with Crippen molar-refractivity contribution in [3.8, 4) is 68.3 Å². The smallest absolute Gasteiger partial charge is 0.508 e. The number of hydrogen-bond acceptors (Lipinski definition) is 11. The molecule has 0 spiro atoms. The molecule has 0 radical (unpaired) electrons. The molecule has 2 heterocycles. The maximum absolute atomic E-state index is 13.4. The first-order chi connectivity index (χ1) is 21.9. The highest BCUT2D eigenvalue weighted by molar-refractivity contribution is 7.46. The van der Waals surface area contributed by atoms with Gasteiger partial charge in [0.15, 0.2) is 16.4 Å². The van der Waals surface area contributed by atoms with Crippen molar-refractivity contribution in [1.82, 2.24) is 0 Å². The molecule has 5 N–H and O–H groups in total. The lowest BCUT2D eigenvalue weighted by molar-refractivity contribution is 0.283. The summed E-state index contributed by atoms with van der Waals surface area (Å²) in [4.78, 5) is 45.9. The molecule has 46 heavy (non-hydrogen) atoms. The second kappa shape index (κ2) is 11.3. The Labute approximate surface area is 257 Å². The number of phosphoric acid groups is 1. The van der Waals surface area contributed by atoms with E-state index in [1.54, 1.807) is 24.3 Å². The Bertz CT molecular complexity index is 2330. The van der Waals surface area contributed by atoms with Crippen LogP contribution >= 0.6 is 7.82 Å². The summed E-state index contributed by atoms with van der Waals surface area (Å²) in [5.41, 5.74) is -1.16. The number of aromatic hydroxyl groups is 3. The molecule has 234 valence electrons. The number of fused-ring (bicyclic) bond motifs is 2. The van der Waals surface area contributed by atoms with Gasteiger partial charge in [-0.2, -0.15) is 0 Å². The van der Waals surface area contributed by atoms with Gasteiger partial charge in [0, 0.05) is 47.0 Å². The molecular weight excluding hydrogens is 623 g/mol. The molecule has 0 aliphatic carbocycles. The van der Waals surface area contributed by atoms with Crippen molar-refractivity contribution >= 4 is 29.8 Å². The molecule has 0 bridgehead atoms. The standard InChI is InChI=1S/C32H23O13P/c1-41-18-6-3-15(4-7-18)25-13-22(36)31-23(37)14-28(45-46(38,39)40)29(32(31)44-25)19-9-16(5-8-24(19)42-2)26-12-21(35)30-20(34)10-17(33)11-27(30)43-26/h3-14,33-34,37H,1-2H3,(H2,38,39,40). The lowest BCUT2D eigenvalue weighted by atomic mass is 9.96. The Hall–Kier alpha value is -5.75. The minimum absolute atomic E-state index is 0.0210. The van der Waals surface area contributed by atoms with E-state index in [9.17, 15) is 39.3 Å². The predicted octanol–water partition coefficient (Wildman–Crippen LogP) is 5.51. The SMILES string of the molecule is COc1ccc(-c2cc(=O)c3c(O)cc(OP(=O)(O)O)c(-c4cc(-c5cc(=O)c6c(O)cc(O)cc6o5)ccc4OC)c3o2)cc1. The average molecular weight is 646 g/mol. The lowest BCUT2D eigenvalue weighted by Crippen LogP contribution is -2.04. The van der Waals surface area contributed by atoms with Crippen molar-refractivity contribution in [3.63, 3.8) is 0 Å². The molecule has 2 aromatic heterocycles. The summed E-state index contributed by atoms with van der Waals surface area (Å²) in [5, 5.41) is 30.5. The normalized spacial score (nSPS) is 11.6. The first-order valence-electron chi connectivity index (χ1n) is 13.3. The van der Waals surface area contributed by atoms with Gasteiger partial charge in [-0.25, -0.2) is 4.57 Å². The van der Waals surface area contributed by atoms with Crippen LogP contribution in [0.2, 0.25) is 0 Å². The van der Waals surface area contributed by atoms with Gasteiger partial charge in [-0.05, 0) is 42.5 Å². The summed E-state index contributed by atoms with van der Waals surface area (Å²) in [5.74, 6) is -1.39. The second-order valence-electron chi connectivity index (χ2n) is 9.99.